The van der Waals surface area contributed by atoms with Gasteiger partial charge in [-0.05, 0) is 43.1 Å². The highest BCUT2D eigenvalue weighted by molar-refractivity contribution is 6.28. The number of aryl methyl sites for hydroxylation is 3. The quantitative estimate of drug-likeness (QED) is 0.871. The Morgan fingerprint density at radius 1 is 1.15 bits per heavy atom. The smallest absolute Gasteiger partial charge is 0.224 e. The van der Waals surface area contributed by atoms with Crippen molar-refractivity contribution in [1.29, 1.82) is 0 Å². The molecule has 2 heterocycles. The van der Waals surface area contributed by atoms with Crippen LogP contribution >= 0.6 is 11.6 Å². The van der Waals surface area contributed by atoms with E-state index in [0.717, 1.165) is 11.1 Å². The first-order valence-corrected chi connectivity index (χ1v) is 6.35. The molecular weight excluding hydrogens is 276 g/mol. The third kappa shape index (κ3) is 3.21. The Balaban J connectivity index is 2.73. The first kappa shape index (κ1) is 14.2. The second kappa shape index (κ2) is 5.83. The number of hydrogen-bond acceptors (Lipinski definition) is 5. The minimum atomic E-state index is 0.144. The van der Waals surface area contributed by atoms with Gasteiger partial charge in [0.05, 0.1) is 11.9 Å². The average molecular weight is 291 g/mol. The zero-order chi connectivity index (χ0) is 14.7. The summed E-state index contributed by atoms with van der Waals surface area (Å²) in [7, 11) is 1.79. The van der Waals surface area contributed by atoms with Crippen molar-refractivity contribution in [3.63, 3.8) is 0 Å². The molecular formula is C13H15ClN6. The fourth-order valence-corrected chi connectivity index (χ4v) is 1.77. The molecule has 2 aromatic rings. The number of aromatic nitrogens is 5. The van der Waals surface area contributed by atoms with E-state index in [1.165, 1.54) is 0 Å². The second-order valence-corrected chi connectivity index (χ2v) is 4.65. The van der Waals surface area contributed by atoms with Crippen LogP contribution in [0.25, 0.3) is 11.3 Å². The van der Waals surface area contributed by atoms with E-state index in [9.17, 15) is 0 Å². The molecule has 0 saturated heterocycles. The fourth-order valence-electron chi connectivity index (χ4n) is 1.57. The van der Waals surface area contributed by atoms with Crippen LogP contribution in [0, 0.1) is 13.8 Å². The van der Waals surface area contributed by atoms with E-state index >= 15 is 0 Å². The van der Waals surface area contributed by atoms with E-state index in [-0.39, 0.29) is 5.28 Å². The van der Waals surface area contributed by atoms with Crippen LogP contribution in [0.2, 0.25) is 5.28 Å². The minimum absolute atomic E-state index is 0.144. The Kier molecular flexibility index (Phi) is 4.14. The average Bonchev–Trinajstić information content (AvgIpc) is 2.46. The van der Waals surface area contributed by atoms with Gasteiger partial charge in [0, 0.05) is 18.8 Å². The van der Waals surface area contributed by atoms with Crippen LogP contribution in [0.15, 0.2) is 24.5 Å². The molecule has 0 radical (unpaired) electrons. The van der Waals surface area contributed by atoms with Crippen LogP contribution in [-0.2, 0) is 7.05 Å². The standard InChI is InChI=1S/C13H15ClN6/c1-8-6-17-20(3)9(2)18-13(14)19-12(8)10-4-5-11(15)16-7-10/h4-7H,1-3H3,(H2,15,16). The van der Waals surface area contributed by atoms with Gasteiger partial charge in [0.1, 0.15) is 11.6 Å². The number of pyridine rings is 1. The summed E-state index contributed by atoms with van der Waals surface area (Å²) in [5.41, 5.74) is 7.91. The lowest BCUT2D eigenvalue weighted by Crippen LogP contribution is -1.99. The molecule has 0 fully saturated rings. The lowest BCUT2D eigenvalue weighted by molar-refractivity contribution is 0.690. The van der Waals surface area contributed by atoms with Crippen molar-refractivity contribution >= 4 is 17.4 Å². The number of halogens is 1. The molecule has 6 nitrogen and oxygen atoms in total. The lowest BCUT2D eigenvalue weighted by atomic mass is 10.1. The van der Waals surface area contributed by atoms with Crippen molar-refractivity contribution in [2.75, 3.05) is 5.73 Å². The maximum absolute atomic E-state index is 6.07. The minimum Gasteiger partial charge on any atom is -0.384 e. The number of hydrogen-bond donors (Lipinski definition) is 1. The van der Waals surface area contributed by atoms with Gasteiger partial charge in [-0.2, -0.15) is 5.10 Å². The number of nitrogens with zero attached hydrogens (tertiary/aromatic N) is 5. The molecule has 2 aromatic heterocycles. The van der Waals surface area contributed by atoms with Gasteiger partial charge in [-0.25, -0.2) is 15.0 Å². The molecule has 0 saturated carbocycles. The van der Waals surface area contributed by atoms with Crippen LogP contribution in [-0.4, -0.2) is 24.7 Å². The zero-order valence-corrected chi connectivity index (χ0v) is 12.3. The van der Waals surface area contributed by atoms with Crippen molar-refractivity contribution in [1.82, 2.24) is 24.7 Å². The molecule has 2 rings (SSSR count). The molecule has 7 heteroatoms. The second-order valence-electron chi connectivity index (χ2n) is 4.31. The van der Waals surface area contributed by atoms with Crippen LogP contribution in [0.3, 0.4) is 0 Å². The van der Waals surface area contributed by atoms with Crippen molar-refractivity contribution in [3.8, 4) is 11.3 Å². The first-order valence-electron chi connectivity index (χ1n) is 5.97. The Morgan fingerprint density at radius 2 is 1.90 bits per heavy atom. The molecule has 0 aromatic carbocycles. The molecule has 0 unspecified atom stereocenters. The molecule has 0 aliphatic carbocycles. The van der Waals surface area contributed by atoms with Gasteiger partial charge in [0.2, 0.25) is 5.28 Å². The lowest BCUT2D eigenvalue weighted by Gasteiger charge is -2.01. The van der Waals surface area contributed by atoms with E-state index in [2.05, 4.69) is 20.1 Å². The normalized spacial score (nSPS) is 10.2. The molecule has 20 heavy (non-hydrogen) atoms. The summed E-state index contributed by atoms with van der Waals surface area (Å²) >= 11 is 6.07. The summed E-state index contributed by atoms with van der Waals surface area (Å²) in [5.74, 6) is 1.10. The summed E-state index contributed by atoms with van der Waals surface area (Å²) in [5, 5.41) is 4.42. The van der Waals surface area contributed by atoms with Crippen LogP contribution in [0.4, 0.5) is 5.82 Å². The van der Waals surface area contributed by atoms with Crippen LogP contribution < -0.4 is 5.73 Å². The van der Waals surface area contributed by atoms with Gasteiger partial charge in [-0.1, -0.05) is 0 Å². The van der Waals surface area contributed by atoms with E-state index < -0.39 is 0 Å². The van der Waals surface area contributed by atoms with E-state index in [1.807, 2.05) is 13.0 Å². The number of anilines is 1. The predicted molar refractivity (Wildman–Crippen MR) is 78.6 cm³/mol. The number of nitrogen functional groups attached to an aromatic ring is 1. The van der Waals surface area contributed by atoms with E-state index in [4.69, 9.17) is 17.3 Å². The van der Waals surface area contributed by atoms with Crippen molar-refractivity contribution in [3.05, 3.63) is 41.2 Å². The zero-order valence-electron chi connectivity index (χ0n) is 11.5. The third-order valence-electron chi connectivity index (χ3n) is 2.78. The summed E-state index contributed by atoms with van der Waals surface area (Å²) in [6, 6.07) is 3.55. The first-order chi connectivity index (χ1) is 9.47. The van der Waals surface area contributed by atoms with Gasteiger partial charge in [0.25, 0.3) is 0 Å². The Hall–Kier alpha value is -2.21. The Morgan fingerprint density at radius 3 is 2.55 bits per heavy atom. The SMILES string of the molecule is Cc1cnn(C)c(C)nc(Cl)nc1-c1ccc(N)nc1. The predicted octanol–water partition coefficient (Wildman–Crippen LogP) is 2.25. The molecule has 0 amide bonds. The maximum Gasteiger partial charge on any atom is 0.224 e. The monoisotopic (exact) mass is 290 g/mol. The van der Waals surface area contributed by atoms with Crippen molar-refractivity contribution in [2.24, 2.45) is 7.05 Å². The molecule has 0 bridgehead atoms. The summed E-state index contributed by atoms with van der Waals surface area (Å²) in [4.78, 5) is 12.6. The molecule has 0 aliphatic rings. The van der Waals surface area contributed by atoms with E-state index in [0.29, 0.717) is 17.3 Å². The maximum atomic E-state index is 6.07. The van der Waals surface area contributed by atoms with Gasteiger partial charge in [0.15, 0.2) is 0 Å². The summed E-state index contributed by atoms with van der Waals surface area (Å²) in [6.45, 7) is 3.71. The molecule has 104 valence electrons. The number of rotatable bonds is 1. The van der Waals surface area contributed by atoms with Crippen LogP contribution in [0.5, 0.6) is 0 Å². The highest BCUT2D eigenvalue weighted by Gasteiger charge is 2.04. The van der Waals surface area contributed by atoms with Crippen LogP contribution in [0.1, 0.15) is 11.4 Å². The van der Waals surface area contributed by atoms with Crippen molar-refractivity contribution < 1.29 is 0 Å². The highest BCUT2D eigenvalue weighted by atomic mass is 35.5. The van der Waals surface area contributed by atoms with Gasteiger partial charge < -0.3 is 5.73 Å². The third-order valence-corrected chi connectivity index (χ3v) is 2.95. The Labute approximate surface area is 122 Å². The molecule has 2 N–H and O–H groups in total. The van der Waals surface area contributed by atoms with E-state index in [1.54, 1.807) is 37.1 Å². The highest BCUT2D eigenvalue weighted by Crippen LogP contribution is 2.20. The summed E-state index contributed by atoms with van der Waals surface area (Å²) in [6.07, 6.45) is 3.36. The molecule has 0 spiro atoms. The Bertz CT molecular complexity index is 676. The molecule has 0 atom stereocenters. The van der Waals surface area contributed by atoms with Gasteiger partial charge in [-0.3, -0.25) is 4.68 Å². The van der Waals surface area contributed by atoms with Gasteiger partial charge in [-0.15, -0.1) is 0 Å². The van der Waals surface area contributed by atoms with Crippen molar-refractivity contribution in [2.45, 2.75) is 13.8 Å². The summed E-state index contributed by atoms with van der Waals surface area (Å²) < 4.78 is 1.63. The number of nitrogens with two attached hydrogens (primary N) is 1. The fraction of sp³-hybridized carbons (Fsp3) is 0.231. The molecule has 0 aliphatic heterocycles. The largest absolute Gasteiger partial charge is 0.384 e. The topological polar surface area (TPSA) is 82.5 Å². The van der Waals surface area contributed by atoms with Gasteiger partial charge >= 0.3 is 0 Å².